The number of aryl methyl sites for hydroxylation is 1. The smallest absolute Gasteiger partial charge is 0.251 e. The summed E-state index contributed by atoms with van der Waals surface area (Å²) >= 11 is 1.47. The van der Waals surface area contributed by atoms with Crippen molar-refractivity contribution in [2.45, 2.75) is 13.5 Å². The summed E-state index contributed by atoms with van der Waals surface area (Å²) in [6.07, 6.45) is 0. The summed E-state index contributed by atoms with van der Waals surface area (Å²) in [5, 5.41) is 5.40. The van der Waals surface area contributed by atoms with Gasteiger partial charge in [-0.15, -0.1) is 11.3 Å². The summed E-state index contributed by atoms with van der Waals surface area (Å²) in [4.78, 5) is 16.0. The molecule has 6 heteroatoms. The molecule has 0 radical (unpaired) electrons. The SMILES string of the molecule is Cc1csc(CNC(=O)c2ccc(N)c(F)c2)n1. The highest BCUT2D eigenvalue weighted by molar-refractivity contribution is 7.09. The number of hydrogen-bond donors (Lipinski definition) is 2. The van der Waals surface area contributed by atoms with Crippen molar-refractivity contribution in [3.05, 3.63) is 45.7 Å². The highest BCUT2D eigenvalue weighted by Crippen LogP contribution is 2.12. The molecule has 18 heavy (non-hydrogen) atoms. The summed E-state index contributed by atoms with van der Waals surface area (Å²) in [5.74, 6) is -0.936. The molecular formula is C12H12FN3OS. The monoisotopic (exact) mass is 265 g/mol. The Hall–Kier alpha value is -1.95. The first-order valence-corrected chi connectivity index (χ1v) is 6.18. The number of amides is 1. The van der Waals surface area contributed by atoms with Crippen molar-refractivity contribution in [2.24, 2.45) is 0 Å². The van der Waals surface area contributed by atoms with Gasteiger partial charge in [0.2, 0.25) is 0 Å². The van der Waals surface area contributed by atoms with Crippen molar-refractivity contribution < 1.29 is 9.18 Å². The predicted molar refractivity (Wildman–Crippen MR) is 68.8 cm³/mol. The van der Waals surface area contributed by atoms with Crippen LogP contribution in [0.25, 0.3) is 0 Å². The molecule has 0 saturated heterocycles. The second-order valence-electron chi connectivity index (χ2n) is 3.80. The molecule has 1 heterocycles. The fourth-order valence-corrected chi connectivity index (χ4v) is 2.12. The normalized spacial score (nSPS) is 10.3. The van der Waals surface area contributed by atoms with E-state index in [9.17, 15) is 9.18 Å². The minimum Gasteiger partial charge on any atom is -0.396 e. The topological polar surface area (TPSA) is 68.0 Å². The van der Waals surface area contributed by atoms with Crippen LogP contribution in [0.5, 0.6) is 0 Å². The molecule has 4 nitrogen and oxygen atoms in total. The number of nitrogen functional groups attached to an aromatic ring is 1. The van der Waals surface area contributed by atoms with Crippen LogP contribution in [0.3, 0.4) is 0 Å². The Morgan fingerprint density at radius 1 is 1.56 bits per heavy atom. The predicted octanol–water partition coefficient (Wildman–Crippen LogP) is 2.10. The number of hydrogen-bond acceptors (Lipinski definition) is 4. The molecule has 0 spiro atoms. The second kappa shape index (κ2) is 5.14. The van der Waals surface area contributed by atoms with E-state index >= 15 is 0 Å². The maximum Gasteiger partial charge on any atom is 0.251 e. The molecule has 94 valence electrons. The summed E-state index contributed by atoms with van der Waals surface area (Å²) in [6, 6.07) is 3.98. The number of nitrogens with two attached hydrogens (primary N) is 1. The summed E-state index contributed by atoms with van der Waals surface area (Å²) < 4.78 is 13.2. The number of carbonyl (C=O) groups is 1. The Balaban J connectivity index is 2.01. The average Bonchev–Trinajstić information content (AvgIpc) is 2.75. The Morgan fingerprint density at radius 2 is 2.33 bits per heavy atom. The summed E-state index contributed by atoms with van der Waals surface area (Å²) in [7, 11) is 0. The van der Waals surface area contributed by atoms with E-state index in [1.165, 1.54) is 23.5 Å². The minimum atomic E-state index is -0.590. The van der Waals surface area contributed by atoms with E-state index in [2.05, 4.69) is 10.3 Å². The first kappa shape index (κ1) is 12.5. The third-order valence-corrected chi connectivity index (χ3v) is 3.30. The van der Waals surface area contributed by atoms with Gasteiger partial charge in [-0.05, 0) is 25.1 Å². The maximum atomic E-state index is 13.2. The Kier molecular flexibility index (Phi) is 3.57. The van der Waals surface area contributed by atoms with Gasteiger partial charge in [0.15, 0.2) is 0 Å². The molecule has 1 aromatic heterocycles. The fraction of sp³-hybridized carbons (Fsp3) is 0.167. The van der Waals surface area contributed by atoms with E-state index in [-0.39, 0.29) is 17.2 Å². The van der Waals surface area contributed by atoms with Gasteiger partial charge in [0.25, 0.3) is 5.91 Å². The van der Waals surface area contributed by atoms with Gasteiger partial charge in [-0.2, -0.15) is 0 Å². The van der Waals surface area contributed by atoms with Gasteiger partial charge in [0.1, 0.15) is 10.8 Å². The van der Waals surface area contributed by atoms with Crippen molar-refractivity contribution in [2.75, 3.05) is 5.73 Å². The lowest BCUT2D eigenvalue weighted by atomic mass is 10.2. The Bertz CT molecular complexity index is 582. The molecule has 0 fully saturated rings. The van der Waals surface area contributed by atoms with E-state index in [1.807, 2.05) is 12.3 Å². The minimum absolute atomic E-state index is 0.0297. The van der Waals surface area contributed by atoms with Gasteiger partial charge < -0.3 is 11.1 Å². The lowest BCUT2D eigenvalue weighted by molar-refractivity contribution is 0.0950. The molecule has 2 rings (SSSR count). The highest BCUT2D eigenvalue weighted by atomic mass is 32.1. The average molecular weight is 265 g/mol. The quantitative estimate of drug-likeness (QED) is 0.835. The molecule has 0 atom stereocenters. The number of anilines is 1. The van der Waals surface area contributed by atoms with E-state index < -0.39 is 5.82 Å². The lowest BCUT2D eigenvalue weighted by Crippen LogP contribution is -2.22. The maximum absolute atomic E-state index is 13.2. The van der Waals surface area contributed by atoms with Crippen LogP contribution in [0, 0.1) is 12.7 Å². The molecular weight excluding hydrogens is 253 g/mol. The van der Waals surface area contributed by atoms with Crippen LogP contribution in [0.15, 0.2) is 23.6 Å². The molecule has 0 aliphatic rings. The van der Waals surface area contributed by atoms with Crippen LogP contribution in [0.2, 0.25) is 0 Å². The molecule has 0 aliphatic heterocycles. The van der Waals surface area contributed by atoms with Crippen molar-refractivity contribution >= 4 is 22.9 Å². The van der Waals surface area contributed by atoms with Crippen LogP contribution >= 0.6 is 11.3 Å². The second-order valence-corrected chi connectivity index (χ2v) is 4.74. The molecule has 2 aromatic rings. The number of carbonyl (C=O) groups excluding carboxylic acids is 1. The van der Waals surface area contributed by atoms with Crippen LogP contribution in [0.1, 0.15) is 21.1 Å². The van der Waals surface area contributed by atoms with Crippen molar-refractivity contribution in [3.63, 3.8) is 0 Å². The first-order chi connectivity index (χ1) is 8.56. The first-order valence-electron chi connectivity index (χ1n) is 5.30. The van der Waals surface area contributed by atoms with E-state index in [1.54, 1.807) is 0 Å². The zero-order valence-corrected chi connectivity index (χ0v) is 10.6. The van der Waals surface area contributed by atoms with Crippen molar-refractivity contribution in [1.82, 2.24) is 10.3 Å². The molecule has 0 bridgehead atoms. The number of rotatable bonds is 3. The number of nitrogens with zero attached hydrogens (tertiary/aromatic N) is 1. The number of thiazole rings is 1. The zero-order chi connectivity index (χ0) is 13.1. The van der Waals surface area contributed by atoms with Gasteiger partial charge in [-0.25, -0.2) is 9.37 Å². The van der Waals surface area contributed by atoms with Gasteiger partial charge >= 0.3 is 0 Å². The Morgan fingerprint density at radius 3 is 2.94 bits per heavy atom. The largest absolute Gasteiger partial charge is 0.396 e. The summed E-state index contributed by atoms with van der Waals surface area (Å²) in [5.41, 5.74) is 6.54. The summed E-state index contributed by atoms with van der Waals surface area (Å²) in [6.45, 7) is 2.22. The van der Waals surface area contributed by atoms with E-state index in [0.717, 1.165) is 16.8 Å². The van der Waals surface area contributed by atoms with Crippen LogP contribution in [0.4, 0.5) is 10.1 Å². The highest BCUT2D eigenvalue weighted by Gasteiger charge is 2.09. The lowest BCUT2D eigenvalue weighted by Gasteiger charge is -2.04. The van der Waals surface area contributed by atoms with Gasteiger partial charge in [-0.3, -0.25) is 4.79 Å². The zero-order valence-electron chi connectivity index (χ0n) is 9.74. The third-order valence-electron chi connectivity index (χ3n) is 2.33. The van der Waals surface area contributed by atoms with Crippen molar-refractivity contribution in [1.29, 1.82) is 0 Å². The molecule has 0 saturated carbocycles. The molecule has 1 aromatic carbocycles. The van der Waals surface area contributed by atoms with Gasteiger partial charge in [0.05, 0.1) is 12.2 Å². The van der Waals surface area contributed by atoms with Crippen molar-refractivity contribution in [3.8, 4) is 0 Å². The molecule has 3 N–H and O–H groups in total. The number of benzene rings is 1. The van der Waals surface area contributed by atoms with Gasteiger partial charge in [0, 0.05) is 16.6 Å². The molecule has 0 unspecified atom stereocenters. The fourth-order valence-electron chi connectivity index (χ4n) is 1.41. The Labute approximate surface area is 108 Å². The van der Waals surface area contributed by atoms with E-state index in [4.69, 9.17) is 5.73 Å². The van der Waals surface area contributed by atoms with Crippen LogP contribution in [-0.4, -0.2) is 10.9 Å². The molecule has 0 aliphatic carbocycles. The number of nitrogens with one attached hydrogen (secondary N) is 1. The molecule has 1 amide bonds. The van der Waals surface area contributed by atoms with Crippen LogP contribution < -0.4 is 11.1 Å². The van der Waals surface area contributed by atoms with Crippen LogP contribution in [-0.2, 0) is 6.54 Å². The third kappa shape index (κ3) is 2.84. The standard InChI is InChI=1S/C12H12FN3OS/c1-7-6-18-11(16-7)5-15-12(17)8-2-3-10(14)9(13)4-8/h2-4,6H,5,14H2,1H3,(H,15,17). The van der Waals surface area contributed by atoms with Gasteiger partial charge in [-0.1, -0.05) is 0 Å². The number of aromatic nitrogens is 1. The number of halogens is 1. The van der Waals surface area contributed by atoms with E-state index in [0.29, 0.717) is 6.54 Å².